The van der Waals surface area contributed by atoms with Gasteiger partial charge in [-0.3, -0.25) is 18.9 Å². The Kier molecular flexibility index (Phi) is 6.54. The van der Waals surface area contributed by atoms with E-state index in [-0.39, 0.29) is 18.6 Å². The molecule has 1 saturated heterocycles. The van der Waals surface area contributed by atoms with Gasteiger partial charge in [-0.15, -0.1) is 0 Å². The van der Waals surface area contributed by atoms with Gasteiger partial charge < -0.3 is 18.9 Å². The molecular weight excluding hydrogens is 519 g/mol. The Morgan fingerprint density at radius 1 is 1.18 bits per heavy atom. The van der Waals surface area contributed by atoms with E-state index < -0.39 is 37.3 Å². The van der Waals surface area contributed by atoms with E-state index in [1.807, 2.05) is 6.07 Å². The molecule has 0 bridgehead atoms. The van der Waals surface area contributed by atoms with Crippen molar-refractivity contribution in [2.45, 2.75) is 37.7 Å². The van der Waals surface area contributed by atoms with Crippen molar-refractivity contribution in [1.29, 1.82) is 0 Å². The van der Waals surface area contributed by atoms with E-state index in [0.29, 0.717) is 0 Å². The van der Waals surface area contributed by atoms with Crippen LogP contribution in [0.3, 0.4) is 0 Å². The molecule has 0 radical (unpaired) electrons. The van der Waals surface area contributed by atoms with Gasteiger partial charge in [0, 0.05) is 32.0 Å². The lowest BCUT2D eigenvalue weighted by atomic mass is 9.80. The number of nitrogens with zero attached hydrogens (tertiary/aromatic N) is 1. The maximum atomic E-state index is 12.7. The van der Waals surface area contributed by atoms with Gasteiger partial charge in [-0.1, -0.05) is 48.3 Å². The third kappa shape index (κ3) is 4.87. The molecule has 1 fully saturated rings. The molecule has 200 valence electrons. The van der Waals surface area contributed by atoms with Crippen molar-refractivity contribution in [1.82, 2.24) is 9.55 Å². The Bertz CT molecular complexity index is 1780. The zero-order valence-electron chi connectivity index (χ0n) is 21.5. The molecule has 3 aromatic rings. The molecule has 0 amide bonds. The second-order valence-electron chi connectivity index (χ2n) is 9.96. The van der Waals surface area contributed by atoms with Crippen molar-refractivity contribution >= 4 is 23.9 Å². The zero-order valence-corrected chi connectivity index (χ0v) is 22.4. The number of allylic oxidation sites excluding steroid dienone is 4. The Morgan fingerprint density at radius 2 is 1.97 bits per heavy atom. The van der Waals surface area contributed by atoms with Gasteiger partial charge in [0.2, 0.25) is 0 Å². The van der Waals surface area contributed by atoms with Crippen molar-refractivity contribution in [2.24, 2.45) is 0 Å². The Morgan fingerprint density at radius 3 is 2.77 bits per heavy atom. The van der Waals surface area contributed by atoms with Crippen LogP contribution < -0.4 is 11.2 Å². The van der Waals surface area contributed by atoms with Gasteiger partial charge in [0.05, 0.1) is 12.7 Å². The molecule has 0 saturated carbocycles. The van der Waals surface area contributed by atoms with Crippen molar-refractivity contribution in [3.05, 3.63) is 97.3 Å². The highest BCUT2D eigenvalue weighted by molar-refractivity contribution is 7.51. The van der Waals surface area contributed by atoms with Gasteiger partial charge in [0.1, 0.15) is 17.9 Å². The zero-order chi connectivity index (χ0) is 27.3. The van der Waals surface area contributed by atoms with Crippen LogP contribution in [0.4, 0.5) is 0 Å². The van der Waals surface area contributed by atoms with Gasteiger partial charge >= 0.3 is 13.3 Å². The second kappa shape index (κ2) is 9.91. The minimum Gasteiger partial charge on any atom is -0.378 e. The maximum absolute atomic E-state index is 12.7. The highest BCUT2D eigenvalue weighted by atomic mass is 31.2. The van der Waals surface area contributed by atoms with Gasteiger partial charge in [0.15, 0.2) is 0 Å². The van der Waals surface area contributed by atoms with Crippen LogP contribution in [0.15, 0.2) is 58.3 Å². The van der Waals surface area contributed by atoms with Gasteiger partial charge in [-0.05, 0) is 51.9 Å². The molecule has 1 aromatic heterocycles. The van der Waals surface area contributed by atoms with Crippen LogP contribution in [0.5, 0.6) is 0 Å². The molecule has 0 spiro atoms. The third-order valence-electron chi connectivity index (χ3n) is 7.40. The smallest absolute Gasteiger partial charge is 0.330 e. The first kappa shape index (κ1) is 25.8. The number of aromatic amines is 1. The number of rotatable bonds is 5. The SMILES string of the molecule is COC1C[C@H](n2cc(C#Cc3ccc4ccc5c6c4c3CC=C6C=CC5)c(=O)[nH]c2=O)O[C@@H]1COP(C)(=O)O. The molecule has 3 aliphatic rings. The summed E-state index contributed by atoms with van der Waals surface area (Å²) in [6.07, 6.45) is 7.97. The van der Waals surface area contributed by atoms with Crippen LogP contribution in [0.2, 0.25) is 0 Å². The fraction of sp³-hybridized carbons (Fsp3) is 0.310. The number of ether oxygens (including phenoxy) is 2. The molecule has 2 aliphatic carbocycles. The van der Waals surface area contributed by atoms with E-state index in [2.05, 4.69) is 53.3 Å². The number of H-pyrrole nitrogens is 1. The topological polar surface area (TPSA) is 120 Å². The van der Waals surface area contributed by atoms with E-state index in [1.54, 1.807) is 0 Å². The van der Waals surface area contributed by atoms with Gasteiger partial charge in [-0.25, -0.2) is 4.79 Å². The minimum absolute atomic E-state index is 0.123. The molecule has 39 heavy (non-hydrogen) atoms. The Hall–Kier alpha value is -3.51. The number of benzene rings is 2. The van der Waals surface area contributed by atoms with E-state index in [0.717, 1.165) is 36.0 Å². The molecule has 2 unspecified atom stereocenters. The van der Waals surface area contributed by atoms with E-state index >= 15 is 0 Å². The van der Waals surface area contributed by atoms with Crippen LogP contribution >= 0.6 is 7.60 Å². The Labute approximate surface area is 224 Å². The normalized spacial score (nSPS) is 22.7. The van der Waals surface area contributed by atoms with Crippen LogP contribution in [-0.2, 0) is 31.4 Å². The summed E-state index contributed by atoms with van der Waals surface area (Å²) in [6, 6.07) is 8.35. The van der Waals surface area contributed by atoms with Crippen LogP contribution in [0.25, 0.3) is 16.3 Å². The van der Waals surface area contributed by atoms with Crippen LogP contribution in [0.1, 0.15) is 40.5 Å². The number of aromatic nitrogens is 2. The third-order valence-corrected chi connectivity index (χ3v) is 8.03. The summed E-state index contributed by atoms with van der Waals surface area (Å²) in [4.78, 5) is 37.1. The van der Waals surface area contributed by atoms with E-state index in [9.17, 15) is 19.0 Å². The molecular formula is C29H27N2O7P. The first-order valence-corrected chi connectivity index (χ1v) is 14.7. The average Bonchev–Trinajstić information content (AvgIpc) is 3.33. The molecule has 6 rings (SSSR count). The number of methoxy groups -OCH3 is 1. The standard InChI is InChI=1S/C29H27N2O7P/c1-36-23-14-25(38-24(23)16-37-39(2,34)35)31-15-21(28(32)30-29(31)33)11-7-17-6-8-20-10-9-18-4-3-5-19-12-13-22(17)27(20)26(18)19/h3,5-6,8-10,12,15,23-25H,4,13-14,16H2,1-2H3,(H,34,35)(H,30,32,33)/t23?,24-,25-/m1/s1. The predicted octanol–water partition coefficient (Wildman–Crippen LogP) is 3.28. The van der Waals surface area contributed by atoms with E-state index in [4.69, 9.17) is 14.0 Å². The average molecular weight is 547 g/mol. The monoisotopic (exact) mass is 546 g/mol. The molecule has 4 atom stereocenters. The summed E-state index contributed by atoms with van der Waals surface area (Å²) in [5.74, 6) is 6.14. The molecule has 2 heterocycles. The molecule has 9 nitrogen and oxygen atoms in total. The number of nitrogens with one attached hydrogen (secondary N) is 1. The largest absolute Gasteiger partial charge is 0.378 e. The predicted molar refractivity (Wildman–Crippen MR) is 147 cm³/mol. The highest BCUT2D eigenvalue weighted by Crippen LogP contribution is 2.40. The summed E-state index contributed by atoms with van der Waals surface area (Å²) < 4.78 is 29.2. The van der Waals surface area contributed by atoms with Crippen molar-refractivity contribution in [3.8, 4) is 11.8 Å². The second-order valence-corrected chi connectivity index (χ2v) is 11.8. The first-order valence-electron chi connectivity index (χ1n) is 12.7. The van der Waals surface area contributed by atoms with Crippen molar-refractivity contribution < 1.29 is 23.5 Å². The maximum Gasteiger partial charge on any atom is 0.330 e. The molecule has 1 aliphatic heterocycles. The summed E-state index contributed by atoms with van der Waals surface area (Å²) >= 11 is 0. The molecule has 2 N–H and O–H groups in total. The summed E-state index contributed by atoms with van der Waals surface area (Å²) in [5, 5.41) is 2.37. The molecule has 10 heteroatoms. The Balaban J connectivity index is 1.34. The fourth-order valence-electron chi connectivity index (χ4n) is 5.55. The quantitative estimate of drug-likeness (QED) is 0.372. The number of hydrogen-bond acceptors (Lipinski definition) is 6. The van der Waals surface area contributed by atoms with Crippen LogP contribution in [-0.4, -0.2) is 47.0 Å². The molecule has 2 aromatic carbocycles. The summed E-state index contributed by atoms with van der Waals surface area (Å²) in [5.41, 5.74) is 4.64. The number of hydrogen-bond donors (Lipinski definition) is 2. The lowest BCUT2D eigenvalue weighted by Gasteiger charge is -2.23. The fourth-order valence-corrected chi connectivity index (χ4v) is 5.97. The van der Waals surface area contributed by atoms with Gasteiger partial charge in [-0.2, -0.15) is 0 Å². The summed E-state index contributed by atoms with van der Waals surface area (Å²) in [6.45, 7) is 0.910. The van der Waals surface area contributed by atoms with Crippen molar-refractivity contribution in [3.63, 3.8) is 0 Å². The lowest BCUT2D eigenvalue weighted by Crippen LogP contribution is -2.33. The first-order chi connectivity index (χ1) is 18.7. The van der Waals surface area contributed by atoms with Gasteiger partial charge in [0.25, 0.3) is 5.56 Å². The van der Waals surface area contributed by atoms with E-state index in [1.165, 1.54) is 40.0 Å². The van der Waals surface area contributed by atoms with Crippen molar-refractivity contribution in [2.75, 3.05) is 20.4 Å². The highest BCUT2D eigenvalue weighted by Gasteiger charge is 2.38. The minimum atomic E-state index is -3.71. The van der Waals surface area contributed by atoms with Crippen LogP contribution in [0, 0.1) is 11.8 Å². The lowest BCUT2D eigenvalue weighted by molar-refractivity contribution is -0.0498. The summed E-state index contributed by atoms with van der Waals surface area (Å²) in [7, 11) is -2.22.